The lowest BCUT2D eigenvalue weighted by molar-refractivity contribution is 0.0234. The van der Waals surface area contributed by atoms with Crippen molar-refractivity contribution in [3.63, 3.8) is 0 Å². The van der Waals surface area contributed by atoms with Gasteiger partial charge in [-0.3, -0.25) is 19.8 Å². The Morgan fingerprint density at radius 1 is 1.18 bits per heavy atom. The molecule has 1 aliphatic carbocycles. The van der Waals surface area contributed by atoms with E-state index in [1.165, 1.54) is 6.07 Å². The molecule has 264 valence electrons. The van der Waals surface area contributed by atoms with Gasteiger partial charge in [-0.05, 0) is 90.8 Å². The van der Waals surface area contributed by atoms with Crippen LogP contribution in [0.1, 0.15) is 83.2 Å². The van der Waals surface area contributed by atoms with Crippen molar-refractivity contribution in [2.24, 2.45) is 27.3 Å². The van der Waals surface area contributed by atoms with E-state index in [4.69, 9.17) is 20.3 Å². The number of aryl methyl sites for hydroxylation is 1. The number of methoxy groups -OCH3 is 1. The Kier molecular flexibility index (Phi) is 8.75. The summed E-state index contributed by atoms with van der Waals surface area (Å²) in [7, 11) is 1.66. The van der Waals surface area contributed by atoms with Gasteiger partial charge in [0.2, 0.25) is 0 Å². The highest BCUT2D eigenvalue weighted by Gasteiger charge is 2.46. The van der Waals surface area contributed by atoms with Crippen molar-refractivity contribution >= 4 is 28.4 Å². The third-order valence-corrected chi connectivity index (χ3v) is 11.2. The zero-order valence-electron chi connectivity index (χ0n) is 30.3. The lowest BCUT2D eigenvalue weighted by Crippen LogP contribution is -2.42. The monoisotopic (exact) mass is 680 g/mol. The first-order valence-corrected chi connectivity index (χ1v) is 17.8. The van der Waals surface area contributed by atoms with Gasteiger partial charge in [0.15, 0.2) is 0 Å². The molecular formula is C40H49FN6O3. The van der Waals surface area contributed by atoms with E-state index in [0.29, 0.717) is 35.8 Å². The second kappa shape index (κ2) is 12.8. The SMILES string of the molecule is CCc1cc2cc(C(C)(C)C)cc(F)c2c(=O)n1-c1cccc(C2=CC(C3C=NN(C4CCOCC4)C3C)=C3NN=C(N)C3(C)C2)c1COC. The Morgan fingerprint density at radius 3 is 2.64 bits per heavy atom. The van der Waals surface area contributed by atoms with Gasteiger partial charge >= 0.3 is 0 Å². The summed E-state index contributed by atoms with van der Waals surface area (Å²) in [5, 5.41) is 12.4. The minimum atomic E-state index is -0.554. The first kappa shape index (κ1) is 34.2. The van der Waals surface area contributed by atoms with Gasteiger partial charge in [-0.2, -0.15) is 10.2 Å². The normalized spacial score (nSPS) is 24.1. The zero-order valence-corrected chi connectivity index (χ0v) is 30.3. The maximum absolute atomic E-state index is 15.9. The smallest absolute Gasteiger partial charge is 0.266 e. The lowest BCUT2D eigenvalue weighted by Gasteiger charge is -2.37. The van der Waals surface area contributed by atoms with Gasteiger partial charge < -0.3 is 15.2 Å². The second-order valence-electron chi connectivity index (χ2n) is 15.4. The number of hydrogen-bond acceptors (Lipinski definition) is 8. The van der Waals surface area contributed by atoms with E-state index < -0.39 is 11.2 Å². The van der Waals surface area contributed by atoms with Gasteiger partial charge in [0.05, 0.1) is 40.9 Å². The molecule has 0 bridgehead atoms. The van der Waals surface area contributed by atoms with E-state index in [1.807, 2.05) is 52.0 Å². The van der Waals surface area contributed by atoms with Gasteiger partial charge in [0.1, 0.15) is 11.7 Å². The molecule has 1 fully saturated rings. The van der Waals surface area contributed by atoms with Gasteiger partial charge in [-0.25, -0.2) is 4.39 Å². The van der Waals surface area contributed by atoms with Crippen molar-refractivity contribution in [3.05, 3.63) is 92.3 Å². The van der Waals surface area contributed by atoms with E-state index in [-0.39, 0.29) is 34.9 Å². The van der Waals surface area contributed by atoms with Crippen LogP contribution in [0.25, 0.3) is 22.0 Å². The molecule has 3 unspecified atom stereocenters. The van der Waals surface area contributed by atoms with E-state index in [2.05, 4.69) is 47.7 Å². The van der Waals surface area contributed by atoms with E-state index in [9.17, 15) is 4.79 Å². The zero-order chi connectivity index (χ0) is 35.5. The predicted molar refractivity (Wildman–Crippen MR) is 198 cm³/mol. The van der Waals surface area contributed by atoms with E-state index in [1.54, 1.807) is 11.7 Å². The number of nitrogens with zero attached hydrogens (tertiary/aromatic N) is 4. The number of rotatable bonds is 7. The van der Waals surface area contributed by atoms with Gasteiger partial charge in [0, 0.05) is 43.7 Å². The first-order valence-electron chi connectivity index (χ1n) is 17.8. The highest BCUT2D eigenvalue weighted by Crippen LogP contribution is 2.49. The minimum Gasteiger partial charge on any atom is -0.385 e. The quantitative estimate of drug-likeness (QED) is 0.294. The second-order valence-corrected chi connectivity index (χ2v) is 15.4. The molecule has 50 heavy (non-hydrogen) atoms. The molecule has 3 aromatic rings. The van der Waals surface area contributed by atoms with Crippen LogP contribution >= 0.6 is 0 Å². The average molecular weight is 681 g/mol. The molecule has 0 amide bonds. The molecule has 2 aromatic carbocycles. The number of ether oxygens (including phenoxy) is 2. The van der Waals surface area contributed by atoms with E-state index >= 15 is 4.39 Å². The molecule has 4 aliphatic rings. The molecule has 3 atom stereocenters. The maximum atomic E-state index is 15.9. The molecule has 3 N–H and O–H groups in total. The Balaban J connectivity index is 1.37. The fraction of sp³-hybridized carbons (Fsp3) is 0.475. The van der Waals surface area contributed by atoms with Crippen molar-refractivity contribution in [3.8, 4) is 5.69 Å². The van der Waals surface area contributed by atoms with Crippen LogP contribution in [0, 0.1) is 17.2 Å². The Hall–Kier alpha value is -4.28. The van der Waals surface area contributed by atoms with Crippen LogP contribution in [0.2, 0.25) is 0 Å². The maximum Gasteiger partial charge on any atom is 0.266 e. The number of halogens is 1. The number of aromatic nitrogens is 1. The highest BCUT2D eigenvalue weighted by molar-refractivity contribution is 5.96. The number of fused-ring (bicyclic) bond motifs is 2. The summed E-state index contributed by atoms with van der Waals surface area (Å²) in [6.07, 6.45) is 7.42. The van der Waals surface area contributed by atoms with Crippen LogP contribution in [-0.2, 0) is 27.9 Å². The van der Waals surface area contributed by atoms with Crippen LogP contribution in [0.5, 0.6) is 0 Å². The predicted octanol–water partition coefficient (Wildman–Crippen LogP) is 6.54. The van der Waals surface area contributed by atoms with Crippen LogP contribution in [0.15, 0.2) is 68.7 Å². The summed E-state index contributed by atoms with van der Waals surface area (Å²) in [6.45, 7) is 14.3. The number of amidine groups is 1. The number of hydrogen-bond donors (Lipinski definition) is 2. The lowest BCUT2D eigenvalue weighted by atomic mass is 9.70. The van der Waals surface area contributed by atoms with Crippen LogP contribution < -0.4 is 16.7 Å². The summed E-state index contributed by atoms with van der Waals surface area (Å²) in [5.41, 5.74) is 16.1. The van der Waals surface area contributed by atoms with Crippen molar-refractivity contribution in [1.82, 2.24) is 15.0 Å². The highest BCUT2D eigenvalue weighted by atomic mass is 19.1. The topological polar surface area (TPSA) is 106 Å². The molecule has 7 rings (SSSR count). The van der Waals surface area contributed by atoms with Crippen LogP contribution in [0.3, 0.4) is 0 Å². The third-order valence-electron chi connectivity index (χ3n) is 11.2. The Labute approximate surface area is 293 Å². The van der Waals surface area contributed by atoms with Gasteiger partial charge in [-0.15, -0.1) is 0 Å². The standard InChI is InChI=1S/C40H49FN6O3/c1-8-27-17-24-16-26(39(3,4)5)19-33(41)35(24)37(48)46(27)34-11-9-10-29(32(34)22-49-7)25-18-30(36-40(6,20-25)38(42)45-44-36)31-21-43-47(23(31)2)28-12-14-50-15-13-28/h9-11,16-19,21,23,28,31,44H,8,12-15,20,22H2,1-7H3,(H2,42,45). The average Bonchev–Trinajstić information content (AvgIpc) is 3.62. The summed E-state index contributed by atoms with van der Waals surface area (Å²) in [4.78, 5) is 14.4. The first-order chi connectivity index (χ1) is 23.9. The summed E-state index contributed by atoms with van der Waals surface area (Å²) >= 11 is 0. The number of nitrogens with two attached hydrogens (primary N) is 1. The molecule has 1 aromatic heterocycles. The third kappa shape index (κ3) is 5.57. The summed E-state index contributed by atoms with van der Waals surface area (Å²) < 4.78 is 29.0. The largest absolute Gasteiger partial charge is 0.385 e. The summed E-state index contributed by atoms with van der Waals surface area (Å²) in [6, 6.07) is 11.9. The molecule has 10 heteroatoms. The van der Waals surface area contributed by atoms with Crippen molar-refractivity contribution in [2.75, 3.05) is 20.3 Å². The fourth-order valence-corrected chi connectivity index (χ4v) is 8.23. The van der Waals surface area contributed by atoms with Crippen LogP contribution in [-0.4, -0.2) is 54.0 Å². The van der Waals surface area contributed by atoms with Gasteiger partial charge in [0.25, 0.3) is 5.56 Å². The number of benzene rings is 2. The summed E-state index contributed by atoms with van der Waals surface area (Å²) in [5.74, 6) is 0.0445. The molecule has 9 nitrogen and oxygen atoms in total. The Morgan fingerprint density at radius 2 is 1.94 bits per heavy atom. The number of hydrazone groups is 2. The molecular weight excluding hydrogens is 631 g/mol. The number of allylic oxidation sites excluding steroid dienone is 2. The fourth-order valence-electron chi connectivity index (χ4n) is 8.23. The molecule has 0 saturated carbocycles. The van der Waals surface area contributed by atoms with Crippen LogP contribution in [0.4, 0.5) is 4.39 Å². The molecule has 3 aliphatic heterocycles. The molecule has 0 spiro atoms. The number of pyridine rings is 1. The van der Waals surface area contributed by atoms with Crippen molar-refractivity contribution in [2.45, 2.75) is 91.3 Å². The minimum absolute atomic E-state index is 0.0147. The van der Waals surface area contributed by atoms with Gasteiger partial charge in [-0.1, -0.05) is 52.0 Å². The Bertz CT molecular complexity index is 2030. The van der Waals surface area contributed by atoms with E-state index in [0.717, 1.165) is 65.3 Å². The molecule has 1 saturated heterocycles. The molecule has 0 radical (unpaired) electrons. The molecule has 4 heterocycles. The number of nitrogens with one attached hydrogen (secondary N) is 1. The van der Waals surface area contributed by atoms with Crippen molar-refractivity contribution < 1.29 is 13.9 Å². The van der Waals surface area contributed by atoms with Crippen molar-refractivity contribution in [1.29, 1.82) is 0 Å².